The smallest absolute Gasteiger partial charge is 0.180 e. The Morgan fingerprint density at radius 3 is 2.91 bits per heavy atom. The fraction of sp³-hybridized carbons (Fsp3) is 0.429. The van der Waals surface area contributed by atoms with Gasteiger partial charge in [-0.2, -0.15) is 5.10 Å². The quantitative estimate of drug-likeness (QED) is 0.832. The zero-order chi connectivity index (χ0) is 13.9. The van der Waals surface area contributed by atoms with Crippen LogP contribution in [0, 0.1) is 6.92 Å². The standard InChI is InChI=1S/C14H19N5O.2ClH/c1-10-16-14(18-17-10)13-9-19(5-6-20-13)8-11-3-2-4-12(15)7-11;;/h2-4,7,13H,5-6,8-9,15H2,1H3,(H,16,17,18);2*1H. The molecule has 0 aliphatic carbocycles. The largest absolute Gasteiger partial charge is 0.399 e. The first-order chi connectivity index (χ1) is 9.70. The number of halogens is 2. The average molecular weight is 346 g/mol. The molecule has 1 aliphatic heterocycles. The lowest BCUT2D eigenvalue weighted by molar-refractivity contribution is -0.0370. The van der Waals surface area contributed by atoms with Crippen LogP contribution < -0.4 is 5.73 Å². The lowest BCUT2D eigenvalue weighted by atomic mass is 10.1. The number of anilines is 1. The minimum atomic E-state index is -0.0604. The van der Waals surface area contributed by atoms with Crippen LogP contribution in [0.25, 0.3) is 0 Å². The number of nitrogen functional groups attached to an aromatic ring is 1. The van der Waals surface area contributed by atoms with Gasteiger partial charge in [-0.05, 0) is 24.6 Å². The number of hydrogen-bond acceptors (Lipinski definition) is 5. The van der Waals surface area contributed by atoms with E-state index in [9.17, 15) is 0 Å². The van der Waals surface area contributed by atoms with E-state index in [2.05, 4.69) is 26.1 Å². The summed E-state index contributed by atoms with van der Waals surface area (Å²) in [5.41, 5.74) is 7.84. The summed E-state index contributed by atoms with van der Waals surface area (Å²) in [4.78, 5) is 6.69. The Bertz CT molecular complexity index is 592. The number of nitrogens with two attached hydrogens (primary N) is 1. The lowest BCUT2D eigenvalue weighted by Crippen LogP contribution is -2.38. The highest BCUT2D eigenvalue weighted by atomic mass is 35.5. The number of rotatable bonds is 3. The van der Waals surface area contributed by atoms with Gasteiger partial charge in [-0.1, -0.05) is 12.1 Å². The van der Waals surface area contributed by atoms with Crippen LogP contribution >= 0.6 is 24.8 Å². The number of morpholine rings is 1. The molecule has 1 saturated heterocycles. The Kier molecular flexibility index (Phi) is 7.09. The molecule has 1 aromatic heterocycles. The van der Waals surface area contributed by atoms with Crippen molar-refractivity contribution in [2.24, 2.45) is 0 Å². The molecule has 0 spiro atoms. The molecule has 0 amide bonds. The molecule has 8 heteroatoms. The minimum absolute atomic E-state index is 0. The Labute approximate surface area is 142 Å². The average Bonchev–Trinajstić information content (AvgIpc) is 2.86. The van der Waals surface area contributed by atoms with Crippen LogP contribution in [0.2, 0.25) is 0 Å². The van der Waals surface area contributed by atoms with Crippen LogP contribution in [0.5, 0.6) is 0 Å². The van der Waals surface area contributed by atoms with E-state index in [1.165, 1.54) is 5.56 Å². The molecule has 1 atom stereocenters. The topological polar surface area (TPSA) is 80.1 Å². The van der Waals surface area contributed by atoms with Crippen molar-refractivity contribution >= 4 is 30.5 Å². The highest BCUT2D eigenvalue weighted by Gasteiger charge is 2.25. The number of benzene rings is 1. The summed E-state index contributed by atoms with van der Waals surface area (Å²) in [5.74, 6) is 1.55. The van der Waals surface area contributed by atoms with Crippen LogP contribution in [-0.2, 0) is 11.3 Å². The predicted octanol–water partition coefficient (Wildman–Crippen LogP) is 2.11. The summed E-state index contributed by atoms with van der Waals surface area (Å²) in [6.07, 6.45) is -0.0604. The molecule has 1 aromatic carbocycles. The molecule has 3 rings (SSSR count). The molecule has 0 radical (unpaired) electrons. The van der Waals surface area contributed by atoms with Crippen LogP contribution in [0.3, 0.4) is 0 Å². The van der Waals surface area contributed by atoms with Gasteiger partial charge in [0.25, 0.3) is 0 Å². The minimum Gasteiger partial charge on any atom is -0.399 e. The fourth-order valence-electron chi connectivity index (χ4n) is 2.46. The van der Waals surface area contributed by atoms with Gasteiger partial charge in [-0.15, -0.1) is 24.8 Å². The second-order valence-electron chi connectivity index (χ2n) is 5.12. The van der Waals surface area contributed by atoms with E-state index in [-0.39, 0.29) is 30.9 Å². The van der Waals surface area contributed by atoms with E-state index in [4.69, 9.17) is 10.5 Å². The number of aromatic nitrogens is 3. The van der Waals surface area contributed by atoms with Crippen LogP contribution in [-0.4, -0.2) is 39.8 Å². The van der Waals surface area contributed by atoms with Gasteiger partial charge in [-0.25, -0.2) is 4.98 Å². The van der Waals surface area contributed by atoms with E-state index in [0.29, 0.717) is 6.61 Å². The van der Waals surface area contributed by atoms with Gasteiger partial charge >= 0.3 is 0 Å². The van der Waals surface area contributed by atoms with Crippen molar-refractivity contribution in [3.63, 3.8) is 0 Å². The van der Waals surface area contributed by atoms with Gasteiger partial charge in [0, 0.05) is 25.3 Å². The van der Waals surface area contributed by atoms with Crippen LogP contribution in [0.1, 0.15) is 23.3 Å². The summed E-state index contributed by atoms with van der Waals surface area (Å²) >= 11 is 0. The number of aromatic amines is 1. The maximum absolute atomic E-state index is 5.82. The van der Waals surface area contributed by atoms with Crippen molar-refractivity contribution in [1.29, 1.82) is 0 Å². The van der Waals surface area contributed by atoms with Gasteiger partial charge in [0.05, 0.1) is 6.61 Å². The molecule has 22 heavy (non-hydrogen) atoms. The zero-order valence-corrected chi connectivity index (χ0v) is 14.0. The summed E-state index contributed by atoms with van der Waals surface area (Å²) in [6, 6.07) is 8.00. The van der Waals surface area contributed by atoms with Gasteiger partial charge < -0.3 is 10.5 Å². The fourth-order valence-corrected chi connectivity index (χ4v) is 2.46. The third kappa shape index (κ3) is 4.58. The second kappa shape index (κ2) is 8.33. The van der Waals surface area contributed by atoms with Gasteiger partial charge in [0.15, 0.2) is 5.82 Å². The Morgan fingerprint density at radius 1 is 1.41 bits per heavy atom. The van der Waals surface area contributed by atoms with Crippen LogP contribution in [0.15, 0.2) is 24.3 Å². The highest BCUT2D eigenvalue weighted by Crippen LogP contribution is 2.21. The number of ether oxygens (including phenoxy) is 1. The van der Waals surface area contributed by atoms with E-state index >= 15 is 0 Å². The summed E-state index contributed by atoms with van der Waals surface area (Å²) in [7, 11) is 0. The maximum atomic E-state index is 5.82. The molecular formula is C14H21Cl2N5O. The van der Waals surface area contributed by atoms with Crippen molar-refractivity contribution < 1.29 is 4.74 Å². The van der Waals surface area contributed by atoms with Crippen molar-refractivity contribution in [1.82, 2.24) is 20.1 Å². The van der Waals surface area contributed by atoms with Crippen LogP contribution in [0.4, 0.5) is 5.69 Å². The summed E-state index contributed by atoms with van der Waals surface area (Å²) in [5, 5.41) is 7.05. The molecule has 2 heterocycles. The SMILES string of the molecule is Cc1nc(C2CN(Cc3cccc(N)c3)CCO2)n[nH]1.Cl.Cl. The number of H-pyrrole nitrogens is 1. The summed E-state index contributed by atoms with van der Waals surface area (Å²) < 4.78 is 5.76. The molecular weight excluding hydrogens is 325 g/mol. The molecule has 0 saturated carbocycles. The molecule has 1 aliphatic rings. The maximum Gasteiger partial charge on any atom is 0.180 e. The second-order valence-corrected chi connectivity index (χ2v) is 5.12. The highest BCUT2D eigenvalue weighted by molar-refractivity contribution is 5.85. The van der Waals surface area contributed by atoms with Crippen molar-refractivity contribution in [2.45, 2.75) is 19.6 Å². The number of aryl methyl sites for hydroxylation is 1. The monoisotopic (exact) mass is 345 g/mol. The van der Waals surface area contributed by atoms with E-state index in [0.717, 1.165) is 37.0 Å². The van der Waals surface area contributed by atoms with Gasteiger partial charge in [0.2, 0.25) is 0 Å². The third-order valence-corrected chi connectivity index (χ3v) is 3.41. The van der Waals surface area contributed by atoms with Gasteiger partial charge in [-0.3, -0.25) is 10.00 Å². The van der Waals surface area contributed by atoms with E-state index in [1.807, 2.05) is 25.1 Å². The number of hydrogen-bond donors (Lipinski definition) is 2. The molecule has 122 valence electrons. The third-order valence-electron chi connectivity index (χ3n) is 3.41. The Morgan fingerprint density at radius 2 is 2.23 bits per heavy atom. The molecule has 0 bridgehead atoms. The number of nitrogens with zero attached hydrogens (tertiary/aromatic N) is 3. The predicted molar refractivity (Wildman–Crippen MR) is 90.4 cm³/mol. The van der Waals surface area contributed by atoms with Crippen molar-refractivity contribution in [3.05, 3.63) is 41.5 Å². The molecule has 6 nitrogen and oxygen atoms in total. The number of nitrogens with one attached hydrogen (secondary N) is 1. The Balaban J connectivity index is 0.00000121. The first-order valence-electron chi connectivity index (χ1n) is 6.78. The molecule has 1 unspecified atom stereocenters. The molecule has 1 fully saturated rings. The molecule has 3 N–H and O–H groups in total. The normalized spacial score (nSPS) is 18.3. The lowest BCUT2D eigenvalue weighted by Gasteiger charge is -2.31. The van der Waals surface area contributed by atoms with E-state index in [1.54, 1.807) is 0 Å². The van der Waals surface area contributed by atoms with Gasteiger partial charge in [0.1, 0.15) is 11.9 Å². The van der Waals surface area contributed by atoms with Crippen molar-refractivity contribution in [3.8, 4) is 0 Å². The zero-order valence-electron chi connectivity index (χ0n) is 12.4. The summed E-state index contributed by atoms with van der Waals surface area (Å²) in [6.45, 7) is 5.17. The molecule has 2 aromatic rings. The van der Waals surface area contributed by atoms with Crippen molar-refractivity contribution in [2.75, 3.05) is 25.4 Å². The first-order valence-corrected chi connectivity index (χ1v) is 6.78. The first kappa shape index (κ1) is 18.7. The Hall–Kier alpha value is -1.34. The van der Waals surface area contributed by atoms with E-state index < -0.39 is 0 Å².